The van der Waals surface area contributed by atoms with E-state index >= 15 is 0 Å². The lowest BCUT2D eigenvalue weighted by Crippen LogP contribution is -2.43. The molecule has 1 aromatic rings. The van der Waals surface area contributed by atoms with Gasteiger partial charge < -0.3 is 19.9 Å². The molecule has 1 rings (SSSR count). The molecule has 2 unspecified atom stereocenters. The summed E-state index contributed by atoms with van der Waals surface area (Å²) in [4.78, 5) is 23.6. The number of rotatable bonds is 6. The average Bonchev–Trinajstić information content (AvgIpc) is 2.46. The van der Waals surface area contributed by atoms with Gasteiger partial charge in [-0.25, -0.2) is 14.0 Å². The predicted molar refractivity (Wildman–Crippen MR) is 85.9 cm³/mol. The van der Waals surface area contributed by atoms with Crippen molar-refractivity contribution >= 4 is 12.1 Å². The number of esters is 1. The van der Waals surface area contributed by atoms with E-state index in [1.165, 1.54) is 19.1 Å². The van der Waals surface area contributed by atoms with Crippen molar-refractivity contribution in [3.63, 3.8) is 0 Å². The predicted octanol–water partition coefficient (Wildman–Crippen LogP) is 2.19. The van der Waals surface area contributed by atoms with E-state index in [-0.39, 0.29) is 18.8 Å². The van der Waals surface area contributed by atoms with Crippen molar-refractivity contribution in [2.24, 2.45) is 0 Å². The summed E-state index contributed by atoms with van der Waals surface area (Å²) in [6.07, 6.45) is -1.28. The third-order valence-electron chi connectivity index (χ3n) is 2.95. The number of aliphatic hydroxyl groups is 1. The standard InChI is InChI=1S/C17H24FNO5/c1-11(19-16(22)24-17(2,3)4)15(21)23-14(10-20)9-12-5-7-13(18)8-6-12/h5-8,11,14,20H,9-10H2,1-4H3,(H,19,22). The first-order valence-corrected chi connectivity index (χ1v) is 7.66. The van der Waals surface area contributed by atoms with Crippen LogP contribution in [0.2, 0.25) is 0 Å². The van der Waals surface area contributed by atoms with Crippen LogP contribution in [-0.4, -0.2) is 41.5 Å². The Labute approximate surface area is 141 Å². The highest BCUT2D eigenvalue weighted by Crippen LogP contribution is 2.10. The Morgan fingerprint density at radius 3 is 2.33 bits per heavy atom. The van der Waals surface area contributed by atoms with E-state index in [1.54, 1.807) is 32.9 Å². The number of hydrogen-bond acceptors (Lipinski definition) is 5. The first-order valence-electron chi connectivity index (χ1n) is 7.66. The first-order chi connectivity index (χ1) is 11.1. The molecule has 6 nitrogen and oxygen atoms in total. The zero-order chi connectivity index (χ0) is 18.3. The molecule has 2 N–H and O–H groups in total. The summed E-state index contributed by atoms with van der Waals surface area (Å²) in [6, 6.07) is 4.75. The van der Waals surface area contributed by atoms with Gasteiger partial charge in [-0.2, -0.15) is 0 Å². The number of benzene rings is 1. The van der Waals surface area contributed by atoms with Gasteiger partial charge in [-0.15, -0.1) is 0 Å². The number of nitrogens with one attached hydrogen (secondary N) is 1. The maximum absolute atomic E-state index is 12.9. The van der Waals surface area contributed by atoms with Gasteiger partial charge in [0.05, 0.1) is 6.61 Å². The van der Waals surface area contributed by atoms with Gasteiger partial charge in [0.1, 0.15) is 23.6 Å². The normalized spacial score (nSPS) is 13.8. The maximum atomic E-state index is 12.9. The molecule has 0 saturated carbocycles. The fraction of sp³-hybridized carbons (Fsp3) is 0.529. The van der Waals surface area contributed by atoms with Crippen molar-refractivity contribution in [1.29, 1.82) is 0 Å². The molecule has 0 aliphatic heterocycles. The highest BCUT2D eigenvalue weighted by Gasteiger charge is 2.24. The van der Waals surface area contributed by atoms with Gasteiger partial charge in [-0.05, 0) is 45.4 Å². The number of halogens is 1. The van der Waals surface area contributed by atoms with Crippen LogP contribution in [0.15, 0.2) is 24.3 Å². The molecule has 0 aromatic heterocycles. The number of ether oxygens (including phenoxy) is 2. The molecule has 0 heterocycles. The molecule has 0 radical (unpaired) electrons. The molecule has 0 saturated heterocycles. The van der Waals surface area contributed by atoms with Crippen molar-refractivity contribution in [3.8, 4) is 0 Å². The number of alkyl carbamates (subject to hydrolysis) is 1. The van der Waals surface area contributed by atoms with Crippen LogP contribution in [0.25, 0.3) is 0 Å². The Balaban J connectivity index is 2.53. The van der Waals surface area contributed by atoms with Crippen LogP contribution >= 0.6 is 0 Å². The Kier molecular flexibility index (Phi) is 7.16. The van der Waals surface area contributed by atoms with Crippen molar-refractivity contribution in [3.05, 3.63) is 35.6 Å². The van der Waals surface area contributed by atoms with Crippen molar-refractivity contribution < 1.29 is 28.6 Å². The number of aliphatic hydroxyl groups excluding tert-OH is 1. The Hall–Kier alpha value is -2.15. The molecular formula is C17H24FNO5. The number of hydrogen-bond donors (Lipinski definition) is 2. The Bertz CT molecular complexity index is 553. The molecule has 134 valence electrons. The summed E-state index contributed by atoms with van der Waals surface area (Å²) in [5.74, 6) is -1.06. The smallest absolute Gasteiger partial charge is 0.408 e. The van der Waals surface area contributed by atoms with E-state index in [0.717, 1.165) is 5.56 Å². The average molecular weight is 341 g/mol. The van der Waals surface area contributed by atoms with Crippen molar-refractivity contribution in [2.45, 2.75) is 51.9 Å². The van der Waals surface area contributed by atoms with Crippen LogP contribution in [0, 0.1) is 5.82 Å². The second kappa shape index (κ2) is 8.63. The fourth-order valence-electron chi connectivity index (χ4n) is 1.84. The molecule has 2 atom stereocenters. The summed E-state index contributed by atoms with van der Waals surface area (Å²) >= 11 is 0. The molecular weight excluding hydrogens is 317 g/mol. The van der Waals surface area contributed by atoms with Crippen LogP contribution < -0.4 is 5.32 Å². The zero-order valence-corrected chi connectivity index (χ0v) is 14.3. The minimum absolute atomic E-state index is 0.238. The fourth-order valence-corrected chi connectivity index (χ4v) is 1.84. The van der Waals surface area contributed by atoms with Crippen molar-refractivity contribution in [1.82, 2.24) is 5.32 Å². The lowest BCUT2D eigenvalue weighted by atomic mass is 10.1. The van der Waals surface area contributed by atoms with Crippen LogP contribution in [0.5, 0.6) is 0 Å². The maximum Gasteiger partial charge on any atom is 0.408 e. The minimum atomic E-state index is -0.929. The summed E-state index contributed by atoms with van der Waals surface area (Å²) in [6.45, 7) is 6.20. The number of carbonyl (C=O) groups is 2. The van der Waals surface area contributed by atoms with E-state index in [9.17, 15) is 19.1 Å². The zero-order valence-electron chi connectivity index (χ0n) is 14.3. The highest BCUT2D eigenvalue weighted by molar-refractivity contribution is 5.81. The van der Waals surface area contributed by atoms with Gasteiger partial charge in [-0.1, -0.05) is 12.1 Å². The van der Waals surface area contributed by atoms with E-state index in [1.807, 2.05) is 0 Å². The molecule has 1 amide bonds. The summed E-state index contributed by atoms with van der Waals surface area (Å²) in [5, 5.41) is 11.7. The first kappa shape index (κ1) is 19.9. The van der Waals surface area contributed by atoms with Gasteiger partial charge in [-0.3, -0.25) is 0 Å². The van der Waals surface area contributed by atoms with Gasteiger partial charge in [0.2, 0.25) is 0 Å². The Morgan fingerprint density at radius 1 is 1.25 bits per heavy atom. The van der Waals surface area contributed by atoms with Gasteiger partial charge in [0.25, 0.3) is 0 Å². The lowest BCUT2D eigenvalue weighted by molar-refractivity contribution is -0.153. The second-order valence-corrected chi connectivity index (χ2v) is 6.44. The number of amides is 1. The van der Waals surface area contributed by atoms with Crippen LogP contribution in [0.3, 0.4) is 0 Å². The van der Waals surface area contributed by atoms with E-state index in [0.29, 0.717) is 0 Å². The molecule has 7 heteroatoms. The third kappa shape index (κ3) is 7.41. The largest absolute Gasteiger partial charge is 0.458 e. The summed E-state index contributed by atoms with van der Waals surface area (Å²) < 4.78 is 23.1. The molecule has 0 bridgehead atoms. The lowest BCUT2D eigenvalue weighted by Gasteiger charge is -2.22. The Morgan fingerprint density at radius 2 is 1.83 bits per heavy atom. The van der Waals surface area contributed by atoms with Crippen molar-refractivity contribution in [2.75, 3.05) is 6.61 Å². The summed E-state index contributed by atoms with van der Waals surface area (Å²) in [5.41, 5.74) is 0.0419. The molecule has 0 fully saturated rings. The molecule has 1 aromatic carbocycles. The van der Waals surface area contributed by atoms with E-state index < -0.39 is 29.8 Å². The molecule has 0 aliphatic carbocycles. The van der Waals surface area contributed by atoms with E-state index in [2.05, 4.69) is 5.32 Å². The van der Waals surface area contributed by atoms with Gasteiger partial charge in [0.15, 0.2) is 0 Å². The van der Waals surface area contributed by atoms with Gasteiger partial charge in [0, 0.05) is 6.42 Å². The van der Waals surface area contributed by atoms with E-state index in [4.69, 9.17) is 9.47 Å². The SMILES string of the molecule is CC(NC(=O)OC(C)(C)C)C(=O)OC(CO)Cc1ccc(F)cc1. The van der Waals surface area contributed by atoms with Crippen LogP contribution in [-0.2, 0) is 20.7 Å². The molecule has 0 spiro atoms. The van der Waals surface area contributed by atoms with Crippen LogP contribution in [0.4, 0.5) is 9.18 Å². The highest BCUT2D eigenvalue weighted by atomic mass is 19.1. The topological polar surface area (TPSA) is 84.9 Å². The monoisotopic (exact) mass is 341 g/mol. The third-order valence-corrected chi connectivity index (χ3v) is 2.95. The quantitative estimate of drug-likeness (QED) is 0.775. The molecule has 0 aliphatic rings. The summed E-state index contributed by atoms with van der Waals surface area (Å²) in [7, 11) is 0. The second-order valence-electron chi connectivity index (χ2n) is 6.44. The molecule has 24 heavy (non-hydrogen) atoms. The van der Waals surface area contributed by atoms with Crippen LogP contribution in [0.1, 0.15) is 33.3 Å². The van der Waals surface area contributed by atoms with Gasteiger partial charge >= 0.3 is 12.1 Å². The minimum Gasteiger partial charge on any atom is -0.458 e. The number of carbonyl (C=O) groups excluding carboxylic acids is 2.